The molecule has 0 aliphatic rings. The van der Waals surface area contributed by atoms with Gasteiger partial charge in [0.1, 0.15) is 0 Å². The predicted molar refractivity (Wildman–Crippen MR) is 106 cm³/mol. The fourth-order valence-electron chi connectivity index (χ4n) is 2.07. The van der Waals surface area contributed by atoms with Crippen LogP contribution in [0.4, 0.5) is 0 Å². The summed E-state index contributed by atoms with van der Waals surface area (Å²) in [6.07, 6.45) is 4.91. The van der Waals surface area contributed by atoms with Gasteiger partial charge in [-0.25, -0.2) is 14.0 Å². The zero-order chi connectivity index (χ0) is 18.0. The molecule has 22 heavy (non-hydrogen) atoms. The maximum Gasteiger partial charge on any atom is 0.285 e. The first-order valence-corrected chi connectivity index (χ1v) is 20.8. The van der Waals surface area contributed by atoms with Crippen LogP contribution in [0, 0.1) is 0 Å². The predicted octanol–water partition coefficient (Wildman–Crippen LogP) is 5.29. The smallest absolute Gasteiger partial charge is 0.270 e. The molecule has 0 aliphatic heterocycles. The average Bonchev–Trinajstić information content (AvgIpc) is 2.42. The maximum atomic E-state index is 12.1. The van der Waals surface area contributed by atoms with Crippen molar-refractivity contribution in [1.29, 1.82) is 0 Å². The first kappa shape index (κ1) is 25.7. The van der Waals surface area contributed by atoms with Crippen LogP contribution in [0.1, 0.15) is 39.5 Å². The summed E-state index contributed by atoms with van der Waals surface area (Å²) in [6, 6.07) is 0. The van der Waals surface area contributed by atoms with Gasteiger partial charge in [-0.3, -0.25) is 4.57 Å². The van der Waals surface area contributed by atoms with Crippen LogP contribution in [0.15, 0.2) is 0 Å². The van der Waals surface area contributed by atoms with Gasteiger partial charge in [0.05, 0.1) is 0 Å². The minimum Gasteiger partial charge on any atom is -0.270 e. The summed E-state index contributed by atoms with van der Waals surface area (Å²) in [5, 5.41) is 0. The third-order valence-corrected chi connectivity index (χ3v) is 17.7. The van der Waals surface area contributed by atoms with Crippen LogP contribution in [-0.4, -0.2) is 72.4 Å². The molecular formula is C14H36Cl2N3OPSn. The van der Waals surface area contributed by atoms with Crippen molar-refractivity contribution in [2.75, 3.05) is 42.3 Å². The molecule has 0 bridgehead atoms. The standard InChI is InChI=1S/C6H18N3OP.2C4H9.2ClH.Sn/c1-7(2)11(10,8(3)4)9(5)6;2*1-3-4-2;;;/h1-6H3;2*1,3-4H2,2H3;2*1H;/q;;;;;+2/p-2. The molecule has 0 aromatic rings. The van der Waals surface area contributed by atoms with Crippen LogP contribution in [0.2, 0.25) is 8.87 Å². The SMILES string of the molecule is CCC[CH2][Sn]([Cl])([Cl])[CH2]CCC.CN(C)P(=O)(N(C)C)N(C)C. The maximum absolute atomic E-state index is 12.1. The van der Waals surface area contributed by atoms with E-state index in [1.165, 1.54) is 25.7 Å². The second-order valence-electron chi connectivity index (χ2n) is 6.12. The molecule has 0 radical (unpaired) electrons. The summed E-state index contributed by atoms with van der Waals surface area (Å²) in [4.78, 5) is 0. The molecule has 0 rings (SSSR count). The summed E-state index contributed by atoms with van der Waals surface area (Å²) in [7, 11) is 21.0. The Hall–Kier alpha value is 1.49. The van der Waals surface area contributed by atoms with Crippen molar-refractivity contribution in [2.45, 2.75) is 48.4 Å². The van der Waals surface area contributed by atoms with Gasteiger partial charge in [0.2, 0.25) is 0 Å². The fourth-order valence-corrected chi connectivity index (χ4v) is 13.5. The fraction of sp³-hybridized carbons (Fsp3) is 1.00. The number of hydrogen-bond donors (Lipinski definition) is 0. The van der Waals surface area contributed by atoms with E-state index in [0.717, 1.165) is 8.87 Å². The van der Waals surface area contributed by atoms with Crippen molar-refractivity contribution in [3.05, 3.63) is 0 Å². The summed E-state index contributed by atoms with van der Waals surface area (Å²) in [5.74, 6) is 0. The monoisotopic (exact) mass is 483 g/mol. The van der Waals surface area contributed by atoms with E-state index in [4.69, 9.17) is 17.8 Å². The third-order valence-electron chi connectivity index (χ3n) is 3.36. The van der Waals surface area contributed by atoms with Crippen molar-refractivity contribution in [1.82, 2.24) is 14.0 Å². The summed E-state index contributed by atoms with van der Waals surface area (Å²) in [5.41, 5.74) is 0. The molecule has 0 amide bonds. The first-order valence-electron chi connectivity index (χ1n) is 7.97. The molecule has 0 aromatic heterocycles. The van der Waals surface area contributed by atoms with E-state index >= 15 is 0 Å². The average molecular weight is 483 g/mol. The van der Waals surface area contributed by atoms with E-state index in [1.807, 2.05) is 42.3 Å². The second kappa shape index (κ2) is 12.8. The molecule has 0 unspecified atom stereocenters. The molecule has 0 heterocycles. The second-order valence-corrected chi connectivity index (χ2v) is 28.3. The Labute approximate surface area is 150 Å². The first-order chi connectivity index (χ1) is 9.95. The molecule has 0 N–H and O–H groups in total. The Kier molecular flexibility index (Phi) is 15.0. The number of halogens is 2. The van der Waals surface area contributed by atoms with Gasteiger partial charge in [-0.15, -0.1) is 0 Å². The minimum absolute atomic E-state index is 1.15. The van der Waals surface area contributed by atoms with Gasteiger partial charge in [-0.2, -0.15) is 0 Å². The van der Waals surface area contributed by atoms with E-state index in [2.05, 4.69) is 13.8 Å². The Morgan fingerprint density at radius 2 is 1.05 bits per heavy atom. The molecule has 0 saturated heterocycles. The van der Waals surface area contributed by atoms with Gasteiger partial charge in [-0.1, -0.05) is 0 Å². The van der Waals surface area contributed by atoms with Gasteiger partial charge in [0.25, 0.3) is 7.59 Å². The van der Waals surface area contributed by atoms with Crippen molar-refractivity contribution < 1.29 is 4.57 Å². The molecule has 0 spiro atoms. The summed E-state index contributed by atoms with van der Waals surface area (Å²) < 4.78 is 19.6. The molecule has 0 atom stereocenters. The van der Waals surface area contributed by atoms with Crippen LogP contribution in [-0.2, 0) is 4.57 Å². The largest absolute Gasteiger partial charge is 0.285 e. The minimum atomic E-state index is -2.49. The third kappa shape index (κ3) is 10.4. The van der Waals surface area contributed by atoms with Crippen molar-refractivity contribution in [2.24, 2.45) is 0 Å². The van der Waals surface area contributed by atoms with Gasteiger partial charge in [0.15, 0.2) is 0 Å². The van der Waals surface area contributed by atoms with Crippen LogP contribution < -0.4 is 0 Å². The molecule has 0 aliphatic carbocycles. The van der Waals surface area contributed by atoms with E-state index < -0.39 is 23.7 Å². The van der Waals surface area contributed by atoms with Gasteiger partial charge in [0, 0.05) is 0 Å². The molecule has 0 fully saturated rings. The number of unbranched alkanes of at least 4 members (excludes halogenated alkanes) is 2. The van der Waals surface area contributed by atoms with Crippen molar-refractivity contribution in [3.8, 4) is 0 Å². The van der Waals surface area contributed by atoms with Crippen LogP contribution in [0.25, 0.3) is 0 Å². The Morgan fingerprint density at radius 1 is 0.773 bits per heavy atom. The van der Waals surface area contributed by atoms with Crippen LogP contribution >= 0.6 is 25.4 Å². The number of hydrogen-bond acceptors (Lipinski definition) is 1. The number of nitrogens with zero attached hydrogens (tertiary/aromatic N) is 3. The summed E-state index contributed by atoms with van der Waals surface area (Å²) in [6.45, 7) is 4.38. The Bertz CT molecular complexity index is 291. The topological polar surface area (TPSA) is 26.8 Å². The van der Waals surface area contributed by atoms with E-state index in [1.54, 1.807) is 14.0 Å². The van der Waals surface area contributed by atoms with Gasteiger partial charge < -0.3 is 0 Å². The van der Waals surface area contributed by atoms with Gasteiger partial charge in [-0.05, 0) is 42.3 Å². The van der Waals surface area contributed by atoms with Crippen LogP contribution in [0.5, 0.6) is 0 Å². The molecular weight excluding hydrogens is 447 g/mol. The van der Waals surface area contributed by atoms with Gasteiger partial charge >= 0.3 is 82.4 Å². The quantitative estimate of drug-likeness (QED) is 0.330. The van der Waals surface area contributed by atoms with E-state index in [-0.39, 0.29) is 0 Å². The van der Waals surface area contributed by atoms with Crippen molar-refractivity contribution in [3.63, 3.8) is 0 Å². The zero-order valence-corrected chi connectivity index (χ0v) is 21.0. The van der Waals surface area contributed by atoms with Crippen molar-refractivity contribution >= 4 is 41.6 Å². The normalized spacial score (nSPS) is 12.8. The summed E-state index contributed by atoms with van der Waals surface area (Å²) >= 11 is -2.49. The number of rotatable bonds is 9. The van der Waals surface area contributed by atoms with Crippen LogP contribution in [0.3, 0.4) is 0 Å². The van der Waals surface area contributed by atoms with E-state index in [9.17, 15) is 4.57 Å². The molecule has 8 heteroatoms. The Morgan fingerprint density at radius 3 is 1.18 bits per heavy atom. The molecule has 136 valence electrons. The molecule has 4 nitrogen and oxygen atoms in total. The molecule has 0 saturated carbocycles. The molecule has 0 aromatic carbocycles. The van der Waals surface area contributed by atoms with E-state index in [0.29, 0.717) is 0 Å². The zero-order valence-electron chi connectivity index (χ0n) is 15.7. The Balaban J connectivity index is 0.